The van der Waals surface area contributed by atoms with Crippen LogP contribution in [-0.2, 0) is 9.47 Å². The van der Waals surface area contributed by atoms with Crippen LogP contribution < -0.4 is 0 Å². The van der Waals surface area contributed by atoms with Gasteiger partial charge in [-0.1, -0.05) is 29.8 Å². The van der Waals surface area contributed by atoms with Crippen molar-refractivity contribution in [3.05, 3.63) is 41.5 Å². The number of ether oxygens (including phenoxy) is 2. The van der Waals surface area contributed by atoms with Crippen LogP contribution >= 0.6 is 0 Å². The number of allylic oxidation sites excluding steroid dienone is 1. The SMILES string of the molecule is COC1CCC=C(c2ccc(C)cc2)O1. The Kier molecular flexibility index (Phi) is 3.07. The van der Waals surface area contributed by atoms with E-state index in [9.17, 15) is 0 Å². The predicted octanol–water partition coefficient (Wildman–Crippen LogP) is 3.12. The van der Waals surface area contributed by atoms with Gasteiger partial charge in [0.2, 0.25) is 0 Å². The number of hydrogen-bond acceptors (Lipinski definition) is 2. The Labute approximate surface area is 90.5 Å². The third-order valence-electron chi connectivity index (χ3n) is 2.59. The predicted molar refractivity (Wildman–Crippen MR) is 60.3 cm³/mol. The maximum Gasteiger partial charge on any atom is 0.199 e. The van der Waals surface area contributed by atoms with Crippen LogP contribution in [0.15, 0.2) is 30.3 Å². The lowest BCUT2D eigenvalue weighted by Gasteiger charge is -2.23. The molecular weight excluding hydrogens is 188 g/mol. The molecule has 15 heavy (non-hydrogen) atoms. The molecule has 1 unspecified atom stereocenters. The first-order valence-corrected chi connectivity index (χ1v) is 5.26. The van der Waals surface area contributed by atoms with Crippen LogP contribution in [0.25, 0.3) is 5.76 Å². The summed E-state index contributed by atoms with van der Waals surface area (Å²) in [7, 11) is 1.68. The smallest absolute Gasteiger partial charge is 0.199 e. The largest absolute Gasteiger partial charge is 0.465 e. The van der Waals surface area contributed by atoms with E-state index in [1.54, 1.807) is 7.11 Å². The Hall–Kier alpha value is -1.28. The van der Waals surface area contributed by atoms with Crippen molar-refractivity contribution >= 4 is 5.76 Å². The lowest BCUT2D eigenvalue weighted by atomic mass is 10.1. The van der Waals surface area contributed by atoms with Crippen LogP contribution in [0.1, 0.15) is 24.0 Å². The van der Waals surface area contributed by atoms with Gasteiger partial charge in [0.05, 0.1) is 0 Å². The third-order valence-corrected chi connectivity index (χ3v) is 2.59. The Balaban J connectivity index is 2.17. The van der Waals surface area contributed by atoms with E-state index in [4.69, 9.17) is 9.47 Å². The highest BCUT2D eigenvalue weighted by atomic mass is 16.7. The molecule has 0 radical (unpaired) electrons. The molecule has 1 aliphatic heterocycles. The summed E-state index contributed by atoms with van der Waals surface area (Å²) in [5.41, 5.74) is 2.39. The van der Waals surface area contributed by atoms with Crippen LogP contribution in [0.5, 0.6) is 0 Å². The van der Waals surface area contributed by atoms with Crippen molar-refractivity contribution in [1.82, 2.24) is 0 Å². The molecule has 2 rings (SSSR count). The number of benzene rings is 1. The van der Waals surface area contributed by atoms with Gasteiger partial charge in [0.15, 0.2) is 6.29 Å². The molecule has 1 aromatic rings. The summed E-state index contributed by atoms with van der Waals surface area (Å²) >= 11 is 0. The van der Waals surface area contributed by atoms with E-state index in [-0.39, 0.29) is 6.29 Å². The number of aryl methyl sites for hydroxylation is 1. The molecular formula is C13H16O2. The standard InChI is InChI=1S/C13H16O2/c1-10-6-8-11(9-7-10)12-4-3-5-13(14-2)15-12/h4,6-9,13H,3,5H2,1-2H3. The van der Waals surface area contributed by atoms with E-state index < -0.39 is 0 Å². The summed E-state index contributed by atoms with van der Waals surface area (Å²) in [6.45, 7) is 2.08. The van der Waals surface area contributed by atoms with Crippen LogP contribution in [0.4, 0.5) is 0 Å². The zero-order chi connectivity index (χ0) is 10.7. The Morgan fingerprint density at radius 2 is 2.00 bits per heavy atom. The average Bonchev–Trinajstić information content (AvgIpc) is 2.30. The van der Waals surface area contributed by atoms with Crippen LogP contribution in [0.3, 0.4) is 0 Å². The van der Waals surface area contributed by atoms with Gasteiger partial charge in [0, 0.05) is 19.1 Å². The molecule has 80 valence electrons. The first kappa shape index (κ1) is 10.2. The Bertz CT molecular complexity index is 351. The van der Waals surface area contributed by atoms with Gasteiger partial charge >= 0.3 is 0 Å². The number of hydrogen-bond donors (Lipinski definition) is 0. The maximum absolute atomic E-state index is 5.70. The third kappa shape index (κ3) is 2.39. The zero-order valence-corrected chi connectivity index (χ0v) is 9.19. The molecule has 0 bridgehead atoms. The van der Waals surface area contributed by atoms with E-state index in [1.165, 1.54) is 5.56 Å². The van der Waals surface area contributed by atoms with Crippen LogP contribution in [-0.4, -0.2) is 13.4 Å². The highest BCUT2D eigenvalue weighted by Crippen LogP contribution is 2.25. The van der Waals surface area contributed by atoms with E-state index >= 15 is 0 Å². The molecule has 1 aromatic carbocycles. The Morgan fingerprint density at radius 1 is 1.27 bits per heavy atom. The fourth-order valence-electron chi connectivity index (χ4n) is 1.67. The minimum Gasteiger partial charge on any atom is -0.465 e. The van der Waals surface area contributed by atoms with Gasteiger partial charge in [0.25, 0.3) is 0 Å². The first-order valence-electron chi connectivity index (χ1n) is 5.26. The first-order chi connectivity index (χ1) is 7.29. The molecule has 0 saturated heterocycles. The lowest BCUT2D eigenvalue weighted by molar-refractivity contribution is -0.0809. The molecule has 0 N–H and O–H groups in total. The molecule has 0 aliphatic carbocycles. The molecule has 0 fully saturated rings. The van der Waals surface area contributed by atoms with Crippen molar-refractivity contribution in [1.29, 1.82) is 0 Å². The van der Waals surface area contributed by atoms with Crippen molar-refractivity contribution in [2.75, 3.05) is 7.11 Å². The Morgan fingerprint density at radius 3 is 2.67 bits per heavy atom. The minimum atomic E-state index is -0.0914. The van der Waals surface area contributed by atoms with Gasteiger partial charge in [0.1, 0.15) is 5.76 Å². The molecule has 2 heteroatoms. The average molecular weight is 204 g/mol. The molecule has 1 aliphatic rings. The van der Waals surface area contributed by atoms with Crippen molar-refractivity contribution in [3.8, 4) is 0 Å². The fraction of sp³-hybridized carbons (Fsp3) is 0.385. The maximum atomic E-state index is 5.70. The second-order valence-electron chi connectivity index (χ2n) is 3.79. The summed E-state index contributed by atoms with van der Waals surface area (Å²) in [6.07, 6.45) is 3.99. The van der Waals surface area contributed by atoms with Gasteiger partial charge in [-0.3, -0.25) is 0 Å². The molecule has 1 atom stereocenters. The molecule has 0 aromatic heterocycles. The van der Waals surface area contributed by atoms with Crippen molar-refractivity contribution in [3.63, 3.8) is 0 Å². The second kappa shape index (κ2) is 4.49. The highest BCUT2D eigenvalue weighted by molar-refractivity contribution is 5.60. The molecule has 2 nitrogen and oxygen atoms in total. The summed E-state index contributed by atoms with van der Waals surface area (Å²) in [5, 5.41) is 0. The van der Waals surface area contributed by atoms with E-state index in [0.29, 0.717) is 0 Å². The monoisotopic (exact) mass is 204 g/mol. The highest BCUT2D eigenvalue weighted by Gasteiger charge is 2.16. The van der Waals surface area contributed by atoms with Gasteiger partial charge in [-0.05, 0) is 19.4 Å². The fourth-order valence-corrected chi connectivity index (χ4v) is 1.67. The summed E-state index contributed by atoms with van der Waals surface area (Å²) < 4.78 is 10.9. The normalized spacial score (nSPS) is 20.7. The van der Waals surface area contributed by atoms with Gasteiger partial charge in [-0.15, -0.1) is 0 Å². The zero-order valence-electron chi connectivity index (χ0n) is 9.19. The van der Waals surface area contributed by atoms with E-state index in [2.05, 4.69) is 37.3 Å². The summed E-state index contributed by atoms with van der Waals surface area (Å²) in [4.78, 5) is 0. The van der Waals surface area contributed by atoms with E-state index in [0.717, 1.165) is 24.2 Å². The number of rotatable bonds is 2. The lowest BCUT2D eigenvalue weighted by Crippen LogP contribution is -2.17. The van der Waals surface area contributed by atoms with Crippen LogP contribution in [0.2, 0.25) is 0 Å². The molecule has 0 amide bonds. The minimum absolute atomic E-state index is 0.0914. The van der Waals surface area contributed by atoms with Gasteiger partial charge < -0.3 is 9.47 Å². The molecule has 0 saturated carbocycles. The van der Waals surface area contributed by atoms with Gasteiger partial charge in [-0.2, -0.15) is 0 Å². The van der Waals surface area contributed by atoms with Crippen LogP contribution in [0, 0.1) is 6.92 Å². The molecule has 0 spiro atoms. The van der Waals surface area contributed by atoms with Gasteiger partial charge in [-0.25, -0.2) is 0 Å². The topological polar surface area (TPSA) is 18.5 Å². The van der Waals surface area contributed by atoms with Crippen molar-refractivity contribution < 1.29 is 9.47 Å². The summed E-state index contributed by atoms with van der Waals surface area (Å²) in [5.74, 6) is 0.938. The van der Waals surface area contributed by atoms with E-state index in [1.807, 2.05) is 0 Å². The van der Waals surface area contributed by atoms with Crippen molar-refractivity contribution in [2.45, 2.75) is 26.1 Å². The van der Waals surface area contributed by atoms with Crippen molar-refractivity contribution in [2.24, 2.45) is 0 Å². The second-order valence-corrected chi connectivity index (χ2v) is 3.79. The quantitative estimate of drug-likeness (QED) is 0.737. The summed E-state index contributed by atoms with van der Waals surface area (Å²) in [6, 6.07) is 8.35. The number of methoxy groups -OCH3 is 1. The molecule has 1 heterocycles.